The number of thioether (sulfide) groups is 1. The van der Waals surface area contributed by atoms with Crippen molar-refractivity contribution in [2.24, 2.45) is 5.73 Å². The first-order chi connectivity index (χ1) is 9.67. The third-order valence-corrected chi connectivity index (χ3v) is 3.80. The molecule has 3 N–H and O–H groups in total. The van der Waals surface area contributed by atoms with Gasteiger partial charge in [-0.05, 0) is 11.6 Å². The van der Waals surface area contributed by atoms with Crippen LogP contribution in [0.4, 0.5) is 4.39 Å². The Kier molecular flexibility index (Phi) is 8.25. The molecule has 1 unspecified atom stereocenters. The number of carbonyl (C=O) groups is 1. The molecule has 0 aliphatic carbocycles. The standard InChI is InChI=1S/C14H21FN2O2S/c1-19-12(9-16)8-14(18)17-6-7-20-10-11-4-2-3-5-13(11)15/h2-5,12H,6-10,16H2,1H3,(H,17,18). The van der Waals surface area contributed by atoms with Crippen molar-refractivity contribution in [2.75, 3.05) is 26.0 Å². The monoisotopic (exact) mass is 300 g/mol. The van der Waals surface area contributed by atoms with Crippen LogP contribution in [0.3, 0.4) is 0 Å². The van der Waals surface area contributed by atoms with E-state index in [0.717, 1.165) is 5.75 Å². The smallest absolute Gasteiger partial charge is 0.222 e. The molecule has 0 saturated heterocycles. The maximum absolute atomic E-state index is 13.3. The Morgan fingerprint density at radius 1 is 1.50 bits per heavy atom. The molecule has 0 fully saturated rings. The zero-order chi connectivity index (χ0) is 14.8. The Morgan fingerprint density at radius 3 is 2.90 bits per heavy atom. The van der Waals surface area contributed by atoms with E-state index in [4.69, 9.17) is 10.5 Å². The molecule has 0 radical (unpaired) electrons. The molecule has 0 aliphatic heterocycles. The molecule has 0 aromatic heterocycles. The number of halogens is 1. The maximum Gasteiger partial charge on any atom is 0.222 e. The highest BCUT2D eigenvalue weighted by Gasteiger charge is 2.10. The summed E-state index contributed by atoms with van der Waals surface area (Å²) >= 11 is 1.58. The lowest BCUT2D eigenvalue weighted by atomic mass is 10.2. The van der Waals surface area contributed by atoms with Crippen molar-refractivity contribution in [3.05, 3.63) is 35.6 Å². The van der Waals surface area contributed by atoms with E-state index in [1.165, 1.54) is 13.2 Å². The predicted octanol–water partition coefficient (Wildman–Crippen LogP) is 1.54. The van der Waals surface area contributed by atoms with E-state index in [9.17, 15) is 9.18 Å². The van der Waals surface area contributed by atoms with Crippen LogP contribution in [0.15, 0.2) is 24.3 Å². The first-order valence-corrected chi connectivity index (χ1v) is 7.63. The van der Waals surface area contributed by atoms with Crippen LogP contribution >= 0.6 is 11.8 Å². The summed E-state index contributed by atoms with van der Waals surface area (Å²) in [6, 6.07) is 6.71. The maximum atomic E-state index is 13.3. The van der Waals surface area contributed by atoms with E-state index in [-0.39, 0.29) is 24.2 Å². The van der Waals surface area contributed by atoms with E-state index in [1.807, 2.05) is 6.07 Å². The molecule has 0 heterocycles. The predicted molar refractivity (Wildman–Crippen MR) is 80.0 cm³/mol. The average Bonchev–Trinajstić information content (AvgIpc) is 2.46. The molecular weight excluding hydrogens is 279 g/mol. The summed E-state index contributed by atoms with van der Waals surface area (Å²) in [4.78, 5) is 11.5. The molecule has 1 atom stereocenters. The van der Waals surface area contributed by atoms with Crippen LogP contribution in [-0.2, 0) is 15.3 Å². The van der Waals surface area contributed by atoms with Crippen molar-refractivity contribution in [3.63, 3.8) is 0 Å². The molecule has 0 saturated carbocycles. The molecule has 4 nitrogen and oxygen atoms in total. The summed E-state index contributed by atoms with van der Waals surface area (Å²) in [5.74, 6) is 1.08. The number of nitrogens with two attached hydrogens (primary N) is 1. The average molecular weight is 300 g/mol. The second kappa shape index (κ2) is 9.74. The van der Waals surface area contributed by atoms with Gasteiger partial charge in [-0.3, -0.25) is 4.79 Å². The fraction of sp³-hybridized carbons (Fsp3) is 0.500. The zero-order valence-corrected chi connectivity index (χ0v) is 12.4. The highest BCUT2D eigenvalue weighted by molar-refractivity contribution is 7.98. The number of ether oxygens (including phenoxy) is 1. The topological polar surface area (TPSA) is 64.3 Å². The van der Waals surface area contributed by atoms with Gasteiger partial charge in [0.1, 0.15) is 5.82 Å². The van der Waals surface area contributed by atoms with Crippen molar-refractivity contribution in [3.8, 4) is 0 Å². The third-order valence-electron chi connectivity index (χ3n) is 2.79. The molecule has 1 aromatic carbocycles. The number of benzene rings is 1. The van der Waals surface area contributed by atoms with E-state index in [0.29, 0.717) is 24.4 Å². The molecule has 20 heavy (non-hydrogen) atoms. The highest BCUT2D eigenvalue weighted by Crippen LogP contribution is 2.14. The van der Waals surface area contributed by atoms with E-state index in [2.05, 4.69) is 5.32 Å². The van der Waals surface area contributed by atoms with E-state index >= 15 is 0 Å². The minimum Gasteiger partial charge on any atom is -0.380 e. The van der Waals surface area contributed by atoms with Crippen LogP contribution in [0, 0.1) is 5.82 Å². The molecular formula is C14H21FN2O2S. The molecule has 0 aliphatic rings. The molecule has 0 bridgehead atoms. The second-order valence-corrected chi connectivity index (χ2v) is 5.40. The zero-order valence-electron chi connectivity index (χ0n) is 11.6. The summed E-state index contributed by atoms with van der Waals surface area (Å²) in [5, 5.41) is 2.79. The van der Waals surface area contributed by atoms with Crippen molar-refractivity contribution in [2.45, 2.75) is 18.3 Å². The summed E-state index contributed by atoms with van der Waals surface area (Å²) < 4.78 is 18.4. The lowest BCUT2D eigenvalue weighted by Gasteiger charge is -2.12. The Labute approximate surface area is 123 Å². The van der Waals surface area contributed by atoms with Crippen LogP contribution in [0.5, 0.6) is 0 Å². The summed E-state index contributed by atoms with van der Waals surface area (Å²) in [5.41, 5.74) is 6.13. The van der Waals surface area contributed by atoms with Crippen LogP contribution < -0.4 is 11.1 Å². The normalized spacial score (nSPS) is 12.2. The molecule has 1 rings (SSSR count). The molecule has 6 heteroatoms. The number of hydrogen-bond donors (Lipinski definition) is 2. The van der Waals surface area contributed by atoms with Gasteiger partial charge in [-0.15, -0.1) is 0 Å². The van der Waals surface area contributed by atoms with E-state index in [1.54, 1.807) is 23.9 Å². The number of carbonyl (C=O) groups excluding carboxylic acids is 1. The molecule has 1 aromatic rings. The van der Waals surface area contributed by atoms with Gasteiger partial charge in [0.25, 0.3) is 0 Å². The third kappa shape index (κ3) is 6.36. The minimum atomic E-state index is -0.235. The first kappa shape index (κ1) is 16.9. The number of methoxy groups -OCH3 is 1. The number of rotatable bonds is 9. The van der Waals surface area contributed by atoms with Crippen LogP contribution in [0.1, 0.15) is 12.0 Å². The van der Waals surface area contributed by atoms with Gasteiger partial charge in [-0.1, -0.05) is 18.2 Å². The van der Waals surface area contributed by atoms with Gasteiger partial charge in [0.15, 0.2) is 0 Å². The summed E-state index contributed by atoms with van der Waals surface area (Å²) in [6.45, 7) is 0.880. The fourth-order valence-corrected chi connectivity index (χ4v) is 2.45. The highest BCUT2D eigenvalue weighted by atomic mass is 32.2. The SMILES string of the molecule is COC(CN)CC(=O)NCCSCc1ccccc1F. The Balaban J connectivity index is 2.13. The number of hydrogen-bond acceptors (Lipinski definition) is 4. The Bertz CT molecular complexity index is 414. The summed E-state index contributed by atoms with van der Waals surface area (Å²) in [6.07, 6.45) is 0.0337. The minimum absolute atomic E-state index is 0.0752. The Morgan fingerprint density at radius 2 is 2.25 bits per heavy atom. The van der Waals surface area contributed by atoms with Crippen LogP contribution in [0.2, 0.25) is 0 Å². The quantitative estimate of drug-likeness (QED) is 0.679. The lowest BCUT2D eigenvalue weighted by molar-refractivity contribution is -0.123. The largest absolute Gasteiger partial charge is 0.380 e. The number of nitrogens with one attached hydrogen (secondary N) is 1. The van der Waals surface area contributed by atoms with Gasteiger partial charge < -0.3 is 15.8 Å². The fourth-order valence-electron chi connectivity index (χ4n) is 1.60. The lowest BCUT2D eigenvalue weighted by Crippen LogP contribution is -2.33. The van der Waals surface area contributed by atoms with E-state index < -0.39 is 0 Å². The van der Waals surface area contributed by atoms with Gasteiger partial charge in [0.2, 0.25) is 5.91 Å². The molecule has 1 amide bonds. The van der Waals surface area contributed by atoms with Gasteiger partial charge in [0.05, 0.1) is 12.5 Å². The van der Waals surface area contributed by atoms with Crippen molar-refractivity contribution >= 4 is 17.7 Å². The van der Waals surface area contributed by atoms with Crippen molar-refractivity contribution in [1.29, 1.82) is 0 Å². The van der Waals surface area contributed by atoms with Crippen molar-refractivity contribution < 1.29 is 13.9 Å². The van der Waals surface area contributed by atoms with Gasteiger partial charge >= 0.3 is 0 Å². The van der Waals surface area contributed by atoms with Gasteiger partial charge in [0, 0.05) is 31.7 Å². The molecule has 112 valence electrons. The van der Waals surface area contributed by atoms with Crippen LogP contribution in [-0.4, -0.2) is 38.0 Å². The second-order valence-electron chi connectivity index (χ2n) is 4.29. The van der Waals surface area contributed by atoms with Crippen molar-refractivity contribution in [1.82, 2.24) is 5.32 Å². The molecule has 0 spiro atoms. The number of amides is 1. The van der Waals surface area contributed by atoms with Gasteiger partial charge in [-0.25, -0.2) is 4.39 Å². The Hall–Kier alpha value is -1.11. The van der Waals surface area contributed by atoms with Gasteiger partial charge in [-0.2, -0.15) is 11.8 Å². The first-order valence-electron chi connectivity index (χ1n) is 6.48. The van der Waals surface area contributed by atoms with Crippen LogP contribution in [0.25, 0.3) is 0 Å². The summed E-state index contributed by atoms with van der Waals surface area (Å²) in [7, 11) is 1.54.